The second kappa shape index (κ2) is 6.02. The van der Waals surface area contributed by atoms with E-state index in [4.69, 9.17) is 25.7 Å². The van der Waals surface area contributed by atoms with Gasteiger partial charge < -0.3 is 10.1 Å². The first-order valence-corrected chi connectivity index (χ1v) is 8.44. The predicted molar refractivity (Wildman–Crippen MR) is 97.8 cm³/mol. The van der Waals surface area contributed by atoms with Gasteiger partial charge in [-0.25, -0.2) is 14.4 Å². The van der Waals surface area contributed by atoms with E-state index in [0.29, 0.717) is 34.5 Å². The molecule has 0 fully saturated rings. The number of hydrogen-bond donors (Lipinski definition) is 1. The van der Waals surface area contributed by atoms with Crippen molar-refractivity contribution in [2.24, 2.45) is 0 Å². The smallest absolute Gasteiger partial charge is 0.208 e. The molecule has 26 heavy (non-hydrogen) atoms. The van der Waals surface area contributed by atoms with Crippen molar-refractivity contribution in [3.05, 3.63) is 51.6 Å². The second-order valence-corrected chi connectivity index (χ2v) is 6.71. The summed E-state index contributed by atoms with van der Waals surface area (Å²) in [6.45, 7) is 0.440. The Bertz CT molecular complexity index is 1080. The maximum atomic E-state index is 14.5. The summed E-state index contributed by atoms with van der Waals surface area (Å²) in [6, 6.07) is 4.79. The number of anilines is 1. The molecule has 1 aromatic carbocycles. The molecule has 0 atom stereocenters. The summed E-state index contributed by atoms with van der Waals surface area (Å²) < 4.78 is 22.1. The van der Waals surface area contributed by atoms with Gasteiger partial charge >= 0.3 is 0 Å². The molecule has 3 aromatic rings. The molecule has 6 nitrogen and oxygen atoms in total. The molecule has 3 heterocycles. The maximum absolute atomic E-state index is 14.5. The number of benzene rings is 1. The fourth-order valence-electron chi connectivity index (χ4n) is 3.04. The van der Waals surface area contributed by atoms with Crippen LogP contribution in [0.15, 0.2) is 29.0 Å². The highest BCUT2D eigenvalue weighted by Gasteiger charge is 2.31. The van der Waals surface area contributed by atoms with Crippen molar-refractivity contribution in [1.29, 1.82) is 5.26 Å². The third kappa shape index (κ3) is 2.63. The predicted octanol–water partition coefficient (Wildman–Crippen LogP) is 2.00. The van der Waals surface area contributed by atoms with Crippen LogP contribution < -0.4 is 10.1 Å². The first-order chi connectivity index (χ1) is 12.4. The van der Waals surface area contributed by atoms with Crippen molar-refractivity contribution in [2.75, 3.05) is 11.9 Å². The lowest BCUT2D eigenvalue weighted by molar-refractivity contribution is 0.356. The molecule has 2 aromatic heterocycles. The Labute approximate surface area is 159 Å². The van der Waals surface area contributed by atoms with Crippen molar-refractivity contribution in [1.82, 2.24) is 14.4 Å². The summed E-state index contributed by atoms with van der Waals surface area (Å²) in [5.41, 5.74) is 1.39. The second-order valence-electron chi connectivity index (χ2n) is 5.85. The van der Waals surface area contributed by atoms with Crippen LogP contribution in [0.5, 0.6) is 5.75 Å². The number of nitrogens with one attached hydrogen (secondary N) is 1. The molecule has 4 radical (unpaired) electrons. The zero-order valence-electron chi connectivity index (χ0n) is 13.3. The number of rotatable bonds is 3. The van der Waals surface area contributed by atoms with Crippen LogP contribution in [0, 0.1) is 17.1 Å². The van der Waals surface area contributed by atoms with Crippen LogP contribution in [0.4, 0.5) is 10.3 Å². The van der Waals surface area contributed by atoms with Gasteiger partial charge in [0.15, 0.2) is 11.3 Å². The van der Waals surface area contributed by atoms with Crippen molar-refractivity contribution in [3.8, 4) is 11.8 Å². The molecule has 0 unspecified atom stereocenters. The summed E-state index contributed by atoms with van der Waals surface area (Å²) in [4.78, 5) is 8.40. The van der Waals surface area contributed by atoms with E-state index in [1.807, 2.05) is 6.07 Å². The topological polar surface area (TPSA) is 75.2 Å². The number of aromatic nitrogens is 3. The first kappa shape index (κ1) is 16.9. The van der Waals surface area contributed by atoms with Crippen LogP contribution in [0.3, 0.4) is 0 Å². The van der Waals surface area contributed by atoms with Gasteiger partial charge in [0, 0.05) is 23.7 Å². The van der Waals surface area contributed by atoms with Gasteiger partial charge in [-0.05, 0) is 33.4 Å². The quantitative estimate of drug-likeness (QED) is 0.672. The molecule has 0 bridgehead atoms. The minimum atomic E-state index is -1.76. The summed E-state index contributed by atoms with van der Waals surface area (Å²) in [7, 11) is 12.5. The number of fused-ring (bicyclic) bond motifs is 2. The Morgan fingerprint density at radius 3 is 3.00 bits per heavy atom. The number of imidazole rings is 1. The third-order valence-electron chi connectivity index (χ3n) is 4.12. The highest BCUT2D eigenvalue weighted by Crippen LogP contribution is 2.35. The van der Waals surface area contributed by atoms with Gasteiger partial charge in [-0.3, -0.25) is 4.40 Å². The minimum Gasteiger partial charge on any atom is -0.493 e. The molecule has 10 heteroatoms. The molecule has 1 N–H and O–H groups in total. The molecule has 124 valence electrons. The Morgan fingerprint density at radius 1 is 1.42 bits per heavy atom. The Morgan fingerprint density at radius 2 is 2.23 bits per heavy atom. The zero-order valence-corrected chi connectivity index (χ0v) is 14.9. The summed E-state index contributed by atoms with van der Waals surface area (Å²) >= 11 is 3.33. The van der Waals surface area contributed by atoms with Gasteiger partial charge in [-0.2, -0.15) is 5.26 Å². The maximum Gasteiger partial charge on any atom is 0.208 e. The lowest BCUT2D eigenvalue weighted by Crippen LogP contribution is -2.39. The molecular weight excluding hydrogens is 399 g/mol. The van der Waals surface area contributed by atoms with E-state index in [-0.39, 0.29) is 17.2 Å². The van der Waals surface area contributed by atoms with Crippen LogP contribution in [-0.2, 0) is 11.8 Å². The number of hydrogen-bond acceptors (Lipinski definition) is 5. The van der Waals surface area contributed by atoms with Crippen LogP contribution in [0.25, 0.3) is 5.65 Å². The zero-order chi connectivity index (χ0) is 18.5. The van der Waals surface area contributed by atoms with E-state index in [0.717, 1.165) is 0 Å². The molecule has 1 aliphatic rings. The van der Waals surface area contributed by atoms with E-state index in [2.05, 4.69) is 31.2 Å². The van der Waals surface area contributed by atoms with Gasteiger partial charge in [0.2, 0.25) is 5.95 Å². The average molecular weight is 408 g/mol. The van der Waals surface area contributed by atoms with Crippen LogP contribution in [0.2, 0.25) is 0 Å². The first-order valence-electron chi connectivity index (χ1n) is 7.65. The lowest BCUT2D eigenvalue weighted by atomic mass is 9.57. The van der Waals surface area contributed by atoms with Crippen LogP contribution in [0.1, 0.15) is 16.8 Å². The van der Waals surface area contributed by atoms with Gasteiger partial charge in [0.05, 0.1) is 33.0 Å². The Hall–Kier alpha value is -2.53. The van der Waals surface area contributed by atoms with Crippen molar-refractivity contribution < 1.29 is 9.13 Å². The number of ether oxygens (including phenoxy) is 1. The van der Waals surface area contributed by atoms with Gasteiger partial charge in [0.1, 0.15) is 17.6 Å². The van der Waals surface area contributed by atoms with Gasteiger partial charge in [-0.1, -0.05) is 0 Å². The normalized spacial score (nSPS) is 13.3. The SMILES string of the molecule is [B]C([B])(Nc1ncc(Br)c2nc(C#N)cn12)c1c(F)ccc2c1CCO2. The molecule has 0 aliphatic carbocycles. The number of nitrogens with zero attached hydrogens (tertiary/aromatic N) is 4. The molecule has 0 amide bonds. The van der Waals surface area contributed by atoms with Crippen LogP contribution >= 0.6 is 15.9 Å². The van der Waals surface area contributed by atoms with Crippen molar-refractivity contribution in [3.63, 3.8) is 0 Å². The summed E-state index contributed by atoms with van der Waals surface area (Å²) in [5, 5.41) is 10.2. The summed E-state index contributed by atoms with van der Waals surface area (Å²) in [6.07, 6.45) is 3.49. The Kier molecular flexibility index (Phi) is 3.92. The van der Waals surface area contributed by atoms with E-state index < -0.39 is 11.2 Å². The van der Waals surface area contributed by atoms with Gasteiger partial charge in [-0.15, -0.1) is 0 Å². The molecule has 0 saturated heterocycles. The molecule has 1 aliphatic heterocycles. The summed E-state index contributed by atoms with van der Waals surface area (Å²) in [5.74, 6) is 0.244. The van der Waals surface area contributed by atoms with Crippen LogP contribution in [-0.4, -0.2) is 36.7 Å². The van der Waals surface area contributed by atoms with E-state index in [1.165, 1.54) is 22.9 Å². The largest absolute Gasteiger partial charge is 0.493 e. The van der Waals surface area contributed by atoms with E-state index in [1.54, 1.807) is 6.07 Å². The average Bonchev–Trinajstić information content (AvgIpc) is 3.23. The van der Waals surface area contributed by atoms with Crippen molar-refractivity contribution >= 4 is 43.2 Å². The molecule has 0 spiro atoms. The highest BCUT2D eigenvalue weighted by atomic mass is 79.9. The molecular formula is C16H9B2BrFN5O. The number of nitriles is 1. The Balaban J connectivity index is 1.82. The van der Waals surface area contributed by atoms with Gasteiger partial charge in [0.25, 0.3) is 0 Å². The lowest BCUT2D eigenvalue weighted by Gasteiger charge is -2.31. The van der Waals surface area contributed by atoms with E-state index >= 15 is 0 Å². The highest BCUT2D eigenvalue weighted by molar-refractivity contribution is 9.10. The standard InChI is InChI=1S/C16H9B2BrFN5O/c17-16(18,13-9-3-4-26-12(9)2-1-11(13)20)24-15-22-6-10(19)14-23-8(5-21)7-25(14)15/h1-2,6-7H,3-4H2,(H,22,24). The van der Waals surface area contributed by atoms with Crippen molar-refractivity contribution in [2.45, 2.75) is 11.8 Å². The molecule has 0 saturated carbocycles. The minimum absolute atomic E-state index is 0.117. The third-order valence-corrected chi connectivity index (χ3v) is 4.68. The monoisotopic (exact) mass is 407 g/mol. The van der Waals surface area contributed by atoms with E-state index in [9.17, 15) is 4.39 Å². The molecule has 4 rings (SSSR count). The number of halogens is 2. The fraction of sp³-hybridized carbons (Fsp3) is 0.188. The fourth-order valence-corrected chi connectivity index (χ4v) is 3.42.